The highest BCUT2D eigenvalue weighted by Gasteiger charge is 2.15. The Morgan fingerprint density at radius 1 is 0.744 bits per heavy atom. The van der Waals surface area contributed by atoms with Crippen LogP contribution in [0.3, 0.4) is 0 Å². The predicted octanol–water partition coefficient (Wildman–Crippen LogP) is 7.55. The van der Waals surface area contributed by atoms with Crippen molar-refractivity contribution >= 4 is 21.8 Å². The number of fused-ring (bicyclic) bond motifs is 2. The molecule has 7 aromatic rings. The summed E-state index contributed by atoms with van der Waals surface area (Å²) >= 11 is 0. The van der Waals surface area contributed by atoms with Gasteiger partial charge in [-0.3, -0.25) is 15.1 Å². The van der Waals surface area contributed by atoms with Gasteiger partial charge in [0.2, 0.25) is 0 Å². The lowest BCUT2D eigenvalue weighted by atomic mass is 10.0. The summed E-state index contributed by atoms with van der Waals surface area (Å²) in [5.41, 5.74) is 8.16. The zero-order valence-corrected chi connectivity index (χ0v) is 20.7. The van der Waals surface area contributed by atoms with Crippen LogP contribution in [0.1, 0.15) is 5.56 Å². The molecular weight excluding hydrogens is 489 g/mol. The second-order valence-corrected chi connectivity index (χ2v) is 9.33. The van der Waals surface area contributed by atoms with Gasteiger partial charge in [-0.25, -0.2) is 4.39 Å². The minimum atomic E-state index is -0.253. The maximum absolute atomic E-state index is 13.5. The van der Waals surface area contributed by atoms with E-state index in [1.807, 2.05) is 60.7 Å². The second-order valence-electron chi connectivity index (χ2n) is 9.33. The van der Waals surface area contributed by atoms with Crippen LogP contribution >= 0.6 is 0 Å². The molecule has 7 heteroatoms. The number of benzene rings is 3. The highest BCUT2D eigenvalue weighted by atomic mass is 19.1. The van der Waals surface area contributed by atoms with Gasteiger partial charge in [0.15, 0.2) is 0 Å². The van der Waals surface area contributed by atoms with Crippen molar-refractivity contribution < 1.29 is 9.13 Å². The molecule has 0 fully saturated rings. The van der Waals surface area contributed by atoms with Gasteiger partial charge in [0.05, 0.1) is 29.3 Å². The second kappa shape index (κ2) is 9.54. The summed E-state index contributed by atoms with van der Waals surface area (Å²) in [6, 6.07) is 28.7. The van der Waals surface area contributed by atoms with Crippen LogP contribution in [-0.4, -0.2) is 25.1 Å². The molecule has 4 aromatic heterocycles. The molecule has 7 rings (SSSR count). The van der Waals surface area contributed by atoms with Crippen molar-refractivity contribution in [2.75, 3.05) is 0 Å². The third-order valence-corrected chi connectivity index (χ3v) is 6.78. The van der Waals surface area contributed by atoms with E-state index in [2.05, 4.69) is 31.2 Å². The van der Waals surface area contributed by atoms with Crippen molar-refractivity contribution in [3.63, 3.8) is 0 Å². The third kappa shape index (κ3) is 4.40. The lowest BCUT2D eigenvalue weighted by molar-refractivity contribution is 0.305. The Morgan fingerprint density at radius 2 is 1.62 bits per heavy atom. The van der Waals surface area contributed by atoms with Crippen LogP contribution in [0, 0.1) is 5.82 Å². The van der Waals surface area contributed by atoms with Crippen molar-refractivity contribution in [3.8, 4) is 39.5 Å². The summed E-state index contributed by atoms with van der Waals surface area (Å²) in [5.74, 6) is 0.422. The molecule has 188 valence electrons. The maximum Gasteiger partial charge on any atom is 0.138 e. The highest BCUT2D eigenvalue weighted by Crippen LogP contribution is 2.35. The van der Waals surface area contributed by atoms with Crippen molar-refractivity contribution in [3.05, 3.63) is 121 Å². The zero-order valence-electron chi connectivity index (χ0n) is 20.7. The summed E-state index contributed by atoms with van der Waals surface area (Å²) in [7, 11) is 0. The fraction of sp³-hybridized carbons (Fsp3) is 0.0312. The van der Waals surface area contributed by atoms with Crippen molar-refractivity contribution in [1.82, 2.24) is 25.1 Å². The molecule has 0 atom stereocenters. The van der Waals surface area contributed by atoms with E-state index >= 15 is 0 Å². The summed E-state index contributed by atoms with van der Waals surface area (Å²) in [6.45, 7) is 0.463. The fourth-order valence-corrected chi connectivity index (χ4v) is 4.82. The number of rotatable bonds is 6. The molecule has 0 saturated heterocycles. The van der Waals surface area contributed by atoms with Gasteiger partial charge in [-0.1, -0.05) is 54.6 Å². The first-order valence-corrected chi connectivity index (χ1v) is 12.6. The van der Waals surface area contributed by atoms with E-state index < -0.39 is 0 Å². The molecule has 0 radical (unpaired) electrons. The molecule has 0 unspecified atom stereocenters. The van der Waals surface area contributed by atoms with E-state index in [0.29, 0.717) is 12.4 Å². The van der Waals surface area contributed by atoms with E-state index in [-0.39, 0.29) is 5.82 Å². The lowest BCUT2D eigenvalue weighted by Crippen LogP contribution is -1.96. The van der Waals surface area contributed by atoms with Gasteiger partial charge < -0.3 is 9.72 Å². The zero-order chi connectivity index (χ0) is 26.2. The first kappa shape index (κ1) is 22.9. The number of nitrogens with zero attached hydrogens (tertiary/aromatic N) is 3. The Balaban J connectivity index is 1.24. The molecular formula is C32H22FN5O. The Morgan fingerprint density at radius 3 is 2.49 bits per heavy atom. The minimum absolute atomic E-state index is 0.253. The molecule has 0 aliphatic rings. The minimum Gasteiger partial charge on any atom is -0.487 e. The quantitative estimate of drug-likeness (QED) is 0.242. The smallest absolute Gasteiger partial charge is 0.138 e. The van der Waals surface area contributed by atoms with Crippen molar-refractivity contribution in [2.24, 2.45) is 0 Å². The Kier molecular flexibility index (Phi) is 5.59. The molecule has 4 heterocycles. The van der Waals surface area contributed by atoms with Gasteiger partial charge >= 0.3 is 0 Å². The van der Waals surface area contributed by atoms with E-state index in [4.69, 9.17) is 4.74 Å². The van der Waals surface area contributed by atoms with Gasteiger partial charge in [0, 0.05) is 28.0 Å². The van der Waals surface area contributed by atoms with E-state index in [0.717, 1.165) is 61.1 Å². The summed E-state index contributed by atoms with van der Waals surface area (Å²) < 4.78 is 19.5. The van der Waals surface area contributed by atoms with Crippen LogP contribution in [0.15, 0.2) is 110 Å². The number of H-pyrrole nitrogens is 2. The molecule has 2 N–H and O–H groups in total. The fourth-order valence-electron chi connectivity index (χ4n) is 4.82. The molecule has 0 aliphatic heterocycles. The van der Waals surface area contributed by atoms with Crippen molar-refractivity contribution in [2.45, 2.75) is 6.61 Å². The van der Waals surface area contributed by atoms with Crippen molar-refractivity contribution in [1.29, 1.82) is 0 Å². The SMILES string of the molecule is Fc1ccc(-c2cccc3[nH]c(-c4n[nH]c5cnc(-c6cncc(OCc7ccccc7)c6)cc45)cc23)cc1. The predicted molar refractivity (Wildman–Crippen MR) is 151 cm³/mol. The average molecular weight is 512 g/mol. The van der Waals surface area contributed by atoms with E-state index in [9.17, 15) is 4.39 Å². The number of hydrogen-bond acceptors (Lipinski definition) is 4. The largest absolute Gasteiger partial charge is 0.487 e. The Hall–Kier alpha value is -5.30. The first-order chi connectivity index (χ1) is 19.2. The number of ether oxygens (including phenoxy) is 1. The van der Waals surface area contributed by atoms with Gasteiger partial charge in [0.25, 0.3) is 0 Å². The molecule has 0 bridgehead atoms. The third-order valence-electron chi connectivity index (χ3n) is 6.78. The Labute approximate surface area is 223 Å². The normalized spacial score (nSPS) is 11.3. The lowest BCUT2D eigenvalue weighted by Gasteiger charge is -2.08. The van der Waals surface area contributed by atoms with Crippen LogP contribution in [0.4, 0.5) is 4.39 Å². The molecule has 0 saturated carbocycles. The summed E-state index contributed by atoms with van der Waals surface area (Å²) in [6.07, 6.45) is 5.27. The number of halogens is 1. The molecule has 0 spiro atoms. The van der Waals surface area contributed by atoms with Crippen LogP contribution < -0.4 is 4.74 Å². The van der Waals surface area contributed by atoms with Crippen LogP contribution in [0.5, 0.6) is 5.75 Å². The molecule has 3 aromatic carbocycles. The van der Waals surface area contributed by atoms with E-state index in [1.54, 1.807) is 30.7 Å². The van der Waals surface area contributed by atoms with Gasteiger partial charge in [-0.2, -0.15) is 5.10 Å². The topological polar surface area (TPSA) is 79.5 Å². The molecule has 6 nitrogen and oxygen atoms in total. The monoisotopic (exact) mass is 511 g/mol. The number of pyridine rings is 2. The first-order valence-electron chi connectivity index (χ1n) is 12.6. The van der Waals surface area contributed by atoms with Crippen LogP contribution in [-0.2, 0) is 6.61 Å². The van der Waals surface area contributed by atoms with E-state index in [1.165, 1.54) is 12.1 Å². The van der Waals surface area contributed by atoms with Gasteiger partial charge in [-0.05, 0) is 53.1 Å². The maximum atomic E-state index is 13.5. The van der Waals surface area contributed by atoms with Gasteiger partial charge in [-0.15, -0.1) is 0 Å². The number of aromatic amines is 2. The number of nitrogens with one attached hydrogen (secondary N) is 2. The standard InChI is InChI=1S/C32H22FN5O/c33-23-11-9-21(10-12-23)25-7-4-8-28-26(25)14-30(36-28)32-27-15-29(35-18-31(27)37-38-32)22-13-24(17-34-16-22)39-19-20-5-2-1-3-6-20/h1-18,36H,19H2,(H,37,38). The summed E-state index contributed by atoms with van der Waals surface area (Å²) in [5, 5.41) is 9.68. The molecule has 0 amide bonds. The number of hydrogen-bond donors (Lipinski definition) is 2. The van der Waals surface area contributed by atoms with Gasteiger partial charge in [0.1, 0.15) is 23.9 Å². The highest BCUT2D eigenvalue weighted by molar-refractivity contribution is 6.01. The van der Waals surface area contributed by atoms with Crippen LogP contribution in [0.25, 0.3) is 55.6 Å². The van der Waals surface area contributed by atoms with Crippen LogP contribution in [0.2, 0.25) is 0 Å². The number of aromatic nitrogens is 5. The molecule has 0 aliphatic carbocycles. The average Bonchev–Trinajstić information content (AvgIpc) is 3.61. The molecule has 39 heavy (non-hydrogen) atoms. The summed E-state index contributed by atoms with van der Waals surface area (Å²) in [4.78, 5) is 12.5. The Bertz CT molecular complexity index is 1930.